The Kier molecular flexibility index (Phi) is 4.45. The summed E-state index contributed by atoms with van der Waals surface area (Å²) in [7, 11) is 0. The monoisotopic (exact) mass is 238 g/mol. The molecule has 0 amide bonds. The van der Waals surface area contributed by atoms with Crippen molar-refractivity contribution >= 4 is 0 Å². The third-order valence-electron chi connectivity index (χ3n) is 3.34. The highest BCUT2D eigenvalue weighted by atomic mass is 19.1. The maximum absolute atomic E-state index is 13.0. The van der Waals surface area contributed by atoms with E-state index in [4.69, 9.17) is 5.11 Å². The van der Waals surface area contributed by atoms with Gasteiger partial charge < -0.3 is 5.11 Å². The average Bonchev–Trinajstić information content (AvgIpc) is 2.23. The Balaban J connectivity index is 1.95. The molecule has 1 N–H and O–H groups in total. The van der Waals surface area contributed by atoms with Gasteiger partial charge in [0, 0.05) is 31.9 Å². The lowest BCUT2D eigenvalue weighted by Gasteiger charge is -2.37. The van der Waals surface area contributed by atoms with Gasteiger partial charge in [-0.3, -0.25) is 9.88 Å². The first-order valence-electron chi connectivity index (χ1n) is 6.24. The molecule has 0 bridgehead atoms. The number of hydrogen-bond donors (Lipinski definition) is 1. The van der Waals surface area contributed by atoms with E-state index in [1.54, 1.807) is 6.20 Å². The first-order chi connectivity index (χ1) is 8.29. The second-order valence-electron chi connectivity index (χ2n) is 4.64. The SMILES string of the molecule is OCCCN(Cc1cncc(F)c1)C1CCC1. The molecule has 2 rings (SSSR count). The van der Waals surface area contributed by atoms with Crippen molar-refractivity contribution in [1.29, 1.82) is 0 Å². The van der Waals surface area contributed by atoms with Crippen LogP contribution in [0.25, 0.3) is 0 Å². The van der Waals surface area contributed by atoms with Crippen molar-refractivity contribution in [3.8, 4) is 0 Å². The minimum atomic E-state index is -0.279. The molecule has 1 aliphatic rings. The van der Waals surface area contributed by atoms with E-state index in [0.717, 1.165) is 25.1 Å². The molecule has 0 unspecified atom stereocenters. The van der Waals surface area contributed by atoms with Crippen LogP contribution in [-0.4, -0.2) is 34.2 Å². The number of aliphatic hydroxyl groups is 1. The minimum Gasteiger partial charge on any atom is -0.396 e. The summed E-state index contributed by atoms with van der Waals surface area (Å²) in [4.78, 5) is 6.20. The Hall–Kier alpha value is -1.00. The fraction of sp³-hybridized carbons (Fsp3) is 0.615. The molecule has 0 radical (unpaired) electrons. The second-order valence-corrected chi connectivity index (χ2v) is 4.64. The van der Waals surface area contributed by atoms with E-state index in [2.05, 4.69) is 9.88 Å². The van der Waals surface area contributed by atoms with Crippen molar-refractivity contribution in [2.45, 2.75) is 38.3 Å². The van der Waals surface area contributed by atoms with E-state index in [9.17, 15) is 4.39 Å². The van der Waals surface area contributed by atoms with Gasteiger partial charge in [0.25, 0.3) is 0 Å². The molecule has 0 aliphatic heterocycles. The van der Waals surface area contributed by atoms with E-state index < -0.39 is 0 Å². The smallest absolute Gasteiger partial charge is 0.141 e. The molecule has 1 heterocycles. The fourth-order valence-corrected chi connectivity index (χ4v) is 2.19. The predicted octanol–water partition coefficient (Wildman–Crippen LogP) is 1.96. The molecule has 0 atom stereocenters. The first-order valence-corrected chi connectivity index (χ1v) is 6.24. The topological polar surface area (TPSA) is 36.4 Å². The maximum atomic E-state index is 13.0. The summed E-state index contributed by atoms with van der Waals surface area (Å²) < 4.78 is 13.0. The van der Waals surface area contributed by atoms with Crippen LogP contribution in [0, 0.1) is 5.82 Å². The summed E-state index contributed by atoms with van der Waals surface area (Å²) in [5, 5.41) is 8.90. The Morgan fingerprint density at radius 1 is 1.41 bits per heavy atom. The van der Waals surface area contributed by atoms with Crippen LogP contribution in [0.4, 0.5) is 4.39 Å². The zero-order valence-electron chi connectivity index (χ0n) is 9.98. The van der Waals surface area contributed by atoms with Crippen molar-refractivity contribution in [1.82, 2.24) is 9.88 Å². The number of nitrogens with zero attached hydrogens (tertiary/aromatic N) is 2. The van der Waals surface area contributed by atoms with Crippen molar-refractivity contribution in [2.75, 3.05) is 13.2 Å². The van der Waals surface area contributed by atoms with Crippen molar-refractivity contribution < 1.29 is 9.50 Å². The molecule has 1 saturated carbocycles. The highest BCUT2D eigenvalue weighted by Crippen LogP contribution is 2.26. The number of aliphatic hydroxyl groups excluding tert-OH is 1. The molecular weight excluding hydrogens is 219 g/mol. The Morgan fingerprint density at radius 3 is 2.82 bits per heavy atom. The third-order valence-corrected chi connectivity index (χ3v) is 3.34. The van der Waals surface area contributed by atoms with Gasteiger partial charge >= 0.3 is 0 Å². The molecule has 1 aliphatic carbocycles. The van der Waals surface area contributed by atoms with Crippen LogP contribution in [0.15, 0.2) is 18.5 Å². The van der Waals surface area contributed by atoms with Crippen LogP contribution in [0.2, 0.25) is 0 Å². The second kappa shape index (κ2) is 6.07. The lowest BCUT2D eigenvalue weighted by molar-refractivity contribution is 0.109. The number of rotatable bonds is 6. The van der Waals surface area contributed by atoms with Crippen molar-refractivity contribution in [3.63, 3.8) is 0 Å². The molecule has 17 heavy (non-hydrogen) atoms. The molecule has 0 spiro atoms. The van der Waals surface area contributed by atoms with E-state index in [1.807, 2.05) is 0 Å². The van der Waals surface area contributed by atoms with Gasteiger partial charge in [0.05, 0.1) is 6.20 Å². The van der Waals surface area contributed by atoms with E-state index in [1.165, 1.54) is 31.5 Å². The van der Waals surface area contributed by atoms with Gasteiger partial charge in [-0.15, -0.1) is 0 Å². The molecule has 1 fully saturated rings. The summed E-state index contributed by atoms with van der Waals surface area (Å²) in [5.41, 5.74) is 0.912. The summed E-state index contributed by atoms with van der Waals surface area (Å²) in [6.07, 6.45) is 7.43. The summed E-state index contributed by atoms with van der Waals surface area (Å²) in [6, 6.07) is 2.14. The first kappa shape index (κ1) is 12.5. The predicted molar refractivity (Wildman–Crippen MR) is 63.9 cm³/mol. The van der Waals surface area contributed by atoms with Crippen molar-refractivity contribution in [3.05, 3.63) is 29.8 Å². The van der Waals surface area contributed by atoms with Gasteiger partial charge in [0.2, 0.25) is 0 Å². The summed E-state index contributed by atoms with van der Waals surface area (Å²) in [5.74, 6) is -0.279. The van der Waals surface area contributed by atoms with Gasteiger partial charge in [0.1, 0.15) is 5.82 Å². The molecule has 1 aromatic rings. The molecular formula is C13H19FN2O. The van der Waals surface area contributed by atoms with Crippen molar-refractivity contribution in [2.24, 2.45) is 0 Å². The van der Waals surface area contributed by atoms with Gasteiger partial charge in [-0.25, -0.2) is 4.39 Å². The minimum absolute atomic E-state index is 0.213. The molecule has 0 aromatic carbocycles. The highest BCUT2D eigenvalue weighted by molar-refractivity contribution is 5.10. The average molecular weight is 238 g/mol. The summed E-state index contributed by atoms with van der Waals surface area (Å²) in [6.45, 7) is 1.82. The largest absolute Gasteiger partial charge is 0.396 e. The molecule has 0 saturated heterocycles. The van der Waals surface area contributed by atoms with Gasteiger partial charge in [-0.2, -0.15) is 0 Å². The maximum Gasteiger partial charge on any atom is 0.141 e. The quantitative estimate of drug-likeness (QED) is 0.823. The number of aromatic nitrogens is 1. The van der Waals surface area contributed by atoms with Crippen LogP contribution in [0.3, 0.4) is 0 Å². The van der Waals surface area contributed by atoms with Crippen LogP contribution in [-0.2, 0) is 6.54 Å². The highest BCUT2D eigenvalue weighted by Gasteiger charge is 2.24. The zero-order valence-corrected chi connectivity index (χ0v) is 9.98. The molecule has 1 aromatic heterocycles. The lowest BCUT2D eigenvalue weighted by Crippen LogP contribution is -2.40. The van der Waals surface area contributed by atoms with E-state index >= 15 is 0 Å². The van der Waals surface area contributed by atoms with E-state index in [0.29, 0.717) is 6.04 Å². The van der Waals surface area contributed by atoms with Crippen LogP contribution >= 0.6 is 0 Å². The number of halogens is 1. The Morgan fingerprint density at radius 2 is 2.24 bits per heavy atom. The van der Waals surface area contributed by atoms with Gasteiger partial charge in [-0.1, -0.05) is 6.42 Å². The number of hydrogen-bond acceptors (Lipinski definition) is 3. The lowest BCUT2D eigenvalue weighted by atomic mass is 9.91. The summed E-state index contributed by atoms with van der Waals surface area (Å²) >= 11 is 0. The van der Waals surface area contributed by atoms with Gasteiger partial charge in [-0.05, 0) is 30.9 Å². The normalized spacial score (nSPS) is 16.2. The molecule has 4 heteroatoms. The van der Waals surface area contributed by atoms with E-state index in [-0.39, 0.29) is 12.4 Å². The van der Waals surface area contributed by atoms with Gasteiger partial charge in [0.15, 0.2) is 0 Å². The van der Waals surface area contributed by atoms with Crippen LogP contribution in [0.5, 0.6) is 0 Å². The third kappa shape index (κ3) is 3.48. The zero-order chi connectivity index (χ0) is 12.1. The van der Waals surface area contributed by atoms with Crippen LogP contribution in [0.1, 0.15) is 31.2 Å². The Bertz CT molecular complexity index is 355. The molecule has 3 nitrogen and oxygen atoms in total. The van der Waals surface area contributed by atoms with Crippen LogP contribution < -0.4 is 0 Å². The standard InChI is InChI=1S/C13H19FN2O/c14-12-7-11(8-15-9-12)10-16(5-2-6-17)13-3-1-4-13/h7-9,13,17H,1-6,10H2. The Labute approximate surface area is 101 Å². The molecule has 94 valence electrons. The fourth-order valence-electron chi connectivity index (χ4n) is 2.19. The number of pyridine rings is 1.